The van der Waals surface area contributed by atoms with Crippen LogP contribution in [0.4, 0.5) is 5.82 Å². The maximum atomic E-state index is 5.84. The van der Waals surface area contributed by atoms with Crippen molar-refractivity contribution in [2.75, 3.05) is 12.5 Å². The number of benzene rings is 2. The Morgan fingerprint density at radius 3 is 2.55 bits per heavy atom. The summed E-state index contributed by atoms with van der Waals surface area (Å²) >= 11 is 0. The molecule has 3 N–H and O–H groups in total. The minimum absolute atomic E-state index is 0.305. The third-order valence-electron chi connectivity index (χ3n) is 3.78. The molecular weight excluding hydrogens is 278 g/mol. The van der Waals surface area contributed by atoms with Gasteiger partial charge in [-0.25, -0.2) is 0 Å². The summed E-state index contributed by atoms with van der Waals surface area (Å²) in [4.78, 5) is 0. The summed E-state index contributed by atoms with van der Waals surface area (Å²) in [6.07, 6.45) is 2.58. The summed E-state index contributed by atoms with van der Waals surface area (Å²) in [5, 5.41) is 6.69. The molecule has 1 aliphatic heterocycles. The van der Waals surface area contributed by atoms with Gasteiger partial charge in [-0.05, 0) is 35.2 Å². The summed E-state index contributed by atoms with van der Waals surface area (Å²) in [5.41, 5.74) is 10.2. The molecule has 1 aliphatic rings. The number of hydrogen-bond acceptors (Lipinski definition) is 4. The molecule has 1 aromatic heterocycles. The van der Waals surface area contributed by atoms with Crippen molar-refractivity contribution >= 4 is 5.82 Å². The van der Waals surface area contributed by atoms with Crippen molar-refractivity contribution in [3.63, 3.8) is 0 Å². The monoisotopic (exact) mass is 293 g/mol. The fraction of sp³-hybridized carbons (Fsp3) is 0.118. The van der Waals surface area contributed by atoms with Gasteiger partial charge in [0.1, 0.15) is 5.82 Å². The van der Waals surface area contributed by atoms with Crippen molar-refractivity contribution in [1.82, 2.24) is 10.2 Å². The number of hydrogen-bond donors (Lipinski definition) is 2. The van der Waals surface area contributed by atoms with E-state index in [1.165, 1.54) is 11.1 Å². The third kappa shape index (κ3) is 2.26. The van der Waals surface area contributed by atoms with Crippen LogP contribution in [0.25, 0.3) is 11.1 Å². The molecule has 110 valence electrons. The standard InChI is InChI=1S/C17H15N3O2/c18-17-14(9-19-20-17)13-4-1-11(2-5-13)7-12-3-6-15-16(8-12)22-10-21-15/h1-6,8-9H,7,10H2,(H3,18,19,20). The Kier molecular flexibility index (Phi) is 2.96. The van der Waals surface area contributed by atoms with Gasteiger partial charge in [-0.2, -0.15) is 5.10 Å². The fourth-order valence-electron chi connectivity index (χ4n) is 2.61. The van der Waals surface area contributed by atoms with Gasteiger partial charge in [0, 0.05) is 5.56 Å². The highest BCUT2D eigenvalue weighted by atomic mass is 16.7. The molecule has 0 saturated carbocycles. The van der Waals surface area contributed by atoms with Gasteiger partial charge in [-0.15, -0.1) is 0 Å². The van der Waals surface area contributed by atoms with E-state index in [2.05, 4.69) is 40.5 Å². The molecule has 5 heteroatoms. The van der Waals surface area contributed by atoms with E-state index in [4.69, 9.17) is 15.2 Å². The van der Waals surface area contributed by atoms with Gasteiger partial charge in [-0.1, -0.05) is 30.3 Å². The van der Waals surface area contributed by atoms with Crippen LogP contribution in [-0.4, -0.2) is 17.0 Å². The Bertz CT molecular complexity index is 809. The van der Waals surface area contributed by atoms with Crippen LogP contribution in [0.15, 0.2) is 48.7 Å². The maximum Gasteiger partial charge on any atom is 0.231 e. The Morgan fingerprint density at radius 1 is 1.00 bits per heavy atom. The van der Waals surface area contributed by atoms with Crippen LogP contribution in [0, 0.1) is 0 Å². The van der Waals surface area contributed by atoms with Crippen molar-refractivity contribution in [1.29, 1.82) is 0 Å². The van der Waals surface area contributed by atoms with Crippen LogP contribution >= 0.6 is 0 Å². The first-order valence-electron chi connectivity index (χ1n) is 7.06. The summed E-state index contributed by atoms with van der Waals surface area (Å²) in [6, 6.07) is 14.4. The van der Waals surface area contributed by atoms with Crippen molar-refractivity contribution in [2.45, 2.75) is 6.42 Å². The predicted molar refractivity (Wildman–Crippen MR) is 83.8 cm³/mol. The highest BCUT2D eigenvalue weighted by molar-refractivity contribution is 5.73. The van der Waals surface area contributed by atoms with E-state index in [1.807, 2.05) is 12.1 Å². The van der Waals surface area contributed by atoms with Crippen LogP contribution < -0.4 is 15.2 Å². The SMILES string of the molecule is Nc1[nH]ncc1-c1ccc(Cc2ccc3c(c2)OCO3)cc1. The first-order valence-corrected chi connectivity index (χ1v) is 7.06. The van der Waals surface area contributed by atoms with Crippen LogP contribution in [0.2, 0.25) is 0 Å². The minimum atomic E-state index is 0.305. The Balaban J connectivity index is 1.55. The van der Waals surface area contributed by atoms with Gasteiger partial charge in [-0.3, -0.25) is 5.10 Å². The number of H-pyrrole nitrogens is 1. The summed E-state index contributed by atoms with van der Waals surface area (Å²) in [5.74, 6) is 2.22. The number of nitrogens with two attached hydrogens (primary N) is 1. The van der Waals surface area contributed by atoms with Gasteiger partial charge in [0.05, 0.1) is 6.20 Å². The van der Waals surface area contributed by atoms with Crippen molar-refractivity contribution in [2.24, 2.45) is 0 Å². The molecule has 0 radical (unpaired) electrons. The van der Waals surface area contributed by atoms with E-state index in [1.54, 1.807) is 6.20 Å². The van der Waals surface area contributed by atoms with Crippen molar-refractivity contribution < 1.29 is 9.47 Å². The van der Waals surface area contributed by atoms with E-state index in [-0.39, 0.29) is 0 Å². The molecule has 5 nitrogen and oxygen atoms in total. The highest BCUT2D eigenvalue weighted by Crippen LogP contribution is 2.33. The second kappa shape index (κ2) is 5.11. The van der Waals surface area contributed by atoms with Crippen LogP contribution in [0.1, 0.15) is 11.1 Å². The number of ether oxygens (including phenoxy) is 2. The Labute approximate surface area is 127 Å². The lowest BCUT2D eigenvalue weighted by molar-refractivity contribution is 0.174. The van der Waals surface area contributed by atoms with Gasteiger partial charge < -0.3 is 15.2 Å². The number of anilines is 1. The lowest BCUT2D eigenvalue weighted by atomic mass is 10.0. The molecule has 0 aliphatic carbocycles. The van der Waals surface area contributed by atoms with Gasteiger partial charge in [0.25, 0.3) is 0 Å². The molecule has 0 unspecified atom stereocenters. The first-order chi connectivity index (χ1) is 10.8. The highest BCUT2D eigenvalue weighted by Gasteiger charge is 2.13. The normalized spacial score (nSPS) is 12.5. The minimum Gasteiger partial charge on any atom is -0.454 e. The first kappa shape index (κ1) is 12.8. The summed E-state index contributed by atoms with van der Waals surface area (Å²) in [7, 11) is 0. The molecule has 0 spiro atoms. The zero-order valence-electron chi connectivity index (χ0n) is 11.9. The lowest BCUT2D eigenvalue weighted by Crippen LogP contribution is -1.93. The number of nitrogens with zero attached hydrogens (tertiary/aromatic N) is 1. The Morgan fingerprint density at radius 2 is 1.77 bits per heavy atom. The fourth-order valence-corrected chi connectivity index (χ4v) is 2.61. The van der Waals surface area contributed by atoms with Gasteiger partial charge >= 0.3 is 0 Å². The Hall–Kier alpha value is -2.95. The van der Waals surface area contributed by atoms with E-state index in [0.29, 0.717) is 12.6 Å². The van der Waals surface area contributed by atoms with Crippen molar-refractivity contribution in [3.8, 4) is 22.6 Å². The number of rotatable bonds is 3. The van der Waals surface area contributed by atoms with Gasteiger partial charge in [0.2, 0.25) is 6.79 Å². The summed E-state index contributed by atoms with van der Waals surface area (Å²) in [6.45, 7) is 0.305. The van der Waals surface area contributed by atoms with Crippen molar-refractivity contribution in [3.05, 3.63) is 59.8 Å². The molecule has 2 heterocycles. The van der Waals surface area contributed by atoms with E-state index < -0.39 is 0 Å². The quantitative estimate of drug-likeness (QED) is 0.778. The van der Waals surface area contributed by atoms with E-state index in [9.17, 15) is 0 Å². The van der Waals surface area contributed by atoms with Crippen LogP contribution in [0.3, 0.4) is 0 Å². The molecule has 2 aromatic carbocycles. The van der Waals surface area contributed by atoms with E-state index >= 15 is 0 Å². The molecule has 0 fully saturated rings. The van der Waals surface area contributed by atoms with Gasteiger partial charge in [0.15, 0.2) is 11.5 Å². The molecule has 0 amide bonds. The topological polar surface area (TPSA) is 73.2 Å². The van der Waals surface area contributed by atoms with E-state index in [0.717, 1.165) is 29.0 Å². The molecule has 0 bridgehead atoms. The second-order valence-electron chi connectivity index (χ2n) is 5.26. The number of nitrogens with one attached hydrogen (secondary N) is 1. The smallest absolute Gasteiger partial charge is 0.231 e. The number of aromatic amines is 1. The van der Waals surface area contributed by atoms with Crippen LogP contribution in [0.5, 0.6) is 11.5 Å². The average Bonchev–Trinajstić information content (AvgIpc) is 3.16. The molecular formula is C17H15N3O2. The zero-order chi connectivity index (χ0) is 14.9. The van der Waals surface area contributed by atoms with Crippen LogP contribution in [-0.2, 0) is 6.42 Å². The molecule has 0 saturated heterocycles. The average molecular weight is 293 g/mol. The maximum absolute atomic E-state index is 5.84. The molecule has 4 rings (SSSR count). The zero-order valence-corrected chi connectivity index (χ0v) is 11.9. The number of nitrogen functional groups attached to an aromatic ring is 1. The molecule has 3 aromatic rings. The number of fused-ring (bicyclic) bond motifs is 1. The largest absolute Gasteiger partial charge is 0.454 e. The predicted octanol–water partition coefficient (Wildman–Crippen LogP) is 2.98. The second-order valence-corrected chi connectivity index (χ2v) is 5.26. The third-order valence-corrected chi connectivity index (χ3v) is 3.78. The molecule has 0 atom stereocenters. The lowest BCUT2D eigenvalue weighted by Gasteiger charge is -2.05. The molecule has 22 heavy (non-hydrogen) atoms. The summed E-state index contributed by atoms with van der Waals surface area (Å²) < 4.78 is 10.7. The number of aromatic nitrogens is 2.